The van der Waals surface area contributed by atoms with Crippen LogP contribution in [0.15, 0.2) is 10.6 Å². The van der Waals surface area contributed by atoms with E-state index < -0.39 is 63.7 Å². The van der Waals surface area contributed by atoms with Crippen LogP contribution in [0, 0.1) is 40.0 Å². The maximum atomic E-state index is 14.2. The van der Waals surface area contributed by atoms with Gasteiger partial charge in [0.25, 0.3) is 0 Å². The molecule has 3 nitrogen and oxygen atoms in total. The summed E-state index contributed by atoms with van der Waals surface area (Å²) in [5.41, 5.74) is -3.73. The van der Waals surface area contributed by atoms with E-state index in [1.165, 1.54) is 19.9 Å². The molecule has 0 amide bonds. The van der Waals surface area contributed by atoms with E-state index in [1.807, 2.05) is 0 Å². The summed E-state index contributed by atoms with van der Waals surface area (Å²) in [4.78, 5) is 11.8. The molecule has 0 heterocycles. The van der Waals surface area contributed by atoms with E-state index in [9.17, 15) is 27.5 Å². The molecule has 0 aromatic heterocycles. The van der Waals surface area contributed by atoms with Crippen molar-refractivity contribution in [2.75, 3.05) is 7.11 Å². The summed E-state index contributed by atoms with van der Waals surface area (Å²) in [5, 5.41) is 9.63. The molecule has 2 rings (SSSR count). The van der Waals surface area contributed by atoms with Gasteiger partial charge in [0.05, 0.1) is 12.5 Å². The van der Waals surface area contributed by atoms with Crippen LogP contribution in [0.2, 0.25) is 0 Å². The molecule has 0 spiro atoms. The number of aliphatic carboxylic acids is 1. The second kappa shape index (κ2) is 6.36. The number of benzene rings is 1. The first-order chi connectivity index (χ1) is 11.4. The summed E-state index contributed by atoms with van der Waals surface area (Å²) in [5.74, 6) is -10.2. The monoisotopic (exact) mass is 400 g/mol. The van der Waals surface area contributed by atoms with Crippen molar-refractivity contribution < 1.29 is 32.2 Å². The van der Waals surface area contributed by atoms with Gasteiger partial charge < -0.3 is 9.84 Å². The van der Waals surface area contributed by atoms with Crippen LogP contribution >= 0.6 is 23.2 Å². The minimum absolute atomic E-state index is 0.214. The number of carboxylic acids is 1. The van der Waals surface area contributed by atoms with E-state index >= 15 is 0 Å². The fourth-order valence-electron chi connectivity index (χ4n) is 3.46. The summed E-state index contributed by atoms with van der Waals surface area (Å²) in [6.07, 6.45) is 0.455. The van der Waals surface area contributed by atoms with Crippen LogP contribution in [-0.4, -0.2) is 18.2 Å². The van der Waals surface area contributed by atoms with Gasteiger partial charge in [-0.05, 0) is 17.9 Å². The molecule has 1 aromatic rings. The maximum absolute atomic E-state index is 14.2. The van der Waals surface area contributed by atoms with Gasteiger partial charge in [-0.25, -0.2) is 8.78 Å². The van der Waals surface area contributed by atoms with Crippen LogP contribution in [0.3, 0.4) is 0 Å². The Bertz CT molecular complexity index is 746. The molecule has 0 aliphatic heterocycles. The van der Waals surface area contributed by atoms with Gasteiger partial charge in [-0.1, -0.05) is 37.0 Å². The summed E-state index contributed by atoms with van der Waals surface area (Å²) < 4.78 is 60.3. The zero-order chi connectivity index (χ0) is 19.3. The van der Waals surface area contributed by atoms with Crippen LogP contribution in [0.5, 0.6) is 5.75 Å². The van der Waals surface area contributed by atoms with E-state index in [0.717, 1.165) is 7.11 Å². The lowest BCUT2D eigenvalue weighted by molar-refractivity contribution is -0.145. The standard InChI is InChI=1S/C16H14Cl2F4O3/c1-15(2)7(4-8(17)18)16(15,14(23)24)5-6-9(19)11(21)13(25-3)12(22)10(6)20/h4,7H,5H2,1-3H3,(H,23,24)/t7?,16-/m0/s1. The zero-order valence-corrected chi connectivity index (χ0v) is 14.9. The normalized spacial score (nSPS) is 24.0. The Hall–Kier alpha value is -1.47. The molecule has 1 saturated carbocycles. The molecule has 1 unspecified atom stereocenters. The van der Waals surface area contributed by atoms with Gasteiger partial charge in [0, 0.05) is 11.5 Å². The predicted octanol–water partition coefficient (Wildman–Crippen LogP) is 4.84. The highest BCUT2D eigenvalue weighted by Gasteiger charge is 2.75. The summed E-state index contributed by atoms with van der Waals surface area (Å²) >= 11 is 11.2. The highest BCUT2D eigenvalue weighted by atomic mass is 35.5. The number of methoxy groups -OCH3 is 1. The Labute approximate surface area is 151 Å². The minimum Gasteiger partial charge on any atom is -0.491 e. The fraction of sp³-hybridized carbons (Fsp3) is 0.438. The molecule has 0 radical (unpaired) electrons. The zero-order valence-electron chi connectivity index (χ0n) is 13.4. The van der Waals surface area contributed by atoms with Gasteiger partial charge in [0.15, 0.2) is 17.4 Å². The van der Waals surface area contributed by atoms with Crippen LogP contribution in [0.25, 0.3) is 0 Å². The molecule has 0 bridgehead atoms. The Morgan fingerprint density at radius 1 is 1.16 bits per heavy atom. The van der Waals surface area contributed by atoms with E-state index in [4.69, 9.17) is 23.2 Å². The average Bonchev–Trinajstić information content (AvgIpc) is 2.97. The largest absolute Gasteiger partial charge is 0.491 e. The van der Waals surface area contributed by atoms with Crippen molar-refractivity contribution in [1.82, 2.24) is 0 Å². The smallest absolute Gasteiger partial charge is 0.311 e. The minimum atomic E-state index is -1.73. The molecule has 25 heavy (non-hydrogen) atoms. The second-order valence-electron chi connectivity index (χ2n) is 6.38. The lowest BCUT2D eigenvalue weighted by atomic mass is 9.87. The number of halogens is 6. The van der Waals surface area contributed by atoms with Gasteiger partial charge >= 0.3 is 5.97 Å². The number of carboxylic acid groups (broad SMARTS) is 1. The van der Waals surface area contributed by atoms with Gasteiger partial charge in [0.1, 0.15) is 4.49 Å². The van der Waals surface area contributed by atoms with E-state index in [1.54, 1.807) is 0 Å². The number of rotatable bonds is 5. The molecule has 0 saturated heterocycles. The van der Waals surface area contributed by atoms with Crippen molar-refractivity contribution in [2.45, 2.75) is 20.3 Å². The molecule has 2 atom stereocenters. The third kappa shape index (κ3) is 2.77. The van der Waals surface area contributed by atoms with Crippen molar-refractivity contribution >= 4 is 29.2 Å². The SMILES string of the molecule is COc1c(F)c(F)c(C[C@@]2(C(=O)O)C(C=C(Cl)Cl)C2(C)C)c(F)c1F. The molecule has 138 valence electrons. The Kier molecular flexibility index (Phi) is 5.05. The number of hydrogen-bond acceptors (Lipinski definition) is 2. The number of ether oxygens (including phenoxy) is 1. The molecule has 1 aliphatic carbocycles. The Morgan fingerprint density at radius 3 is 2.00 bits per heavy atom. The quantitative estimate of drug-likeness (QED) is 0.568. The van der Waals surface area contributed by atoms with Crippen molar-refractivity contribution in [1.29, 1.82) is 0 Å². The Morgan fingerprint density at radius 2 is 1.64 bits per heavy atom. The lowest BCUT2D eigenvalue weighted by Crippen LogP contribution is -2.26. The highest BCUT2D eigenvalue weighted by molar-refractivity contribution is 6.55. The van der Waals surface area contributed by atoms with Crippen molar-refractivity contribution in [3.05, 3.63) is 39.4 Å². The first-order valence-corrected chi connectivity index (χ1v) is 7.84. The molecule has 1 fully saturated rings. The highest BCUT2D eigenvalue weighted by Crippen LogP contribution is 2.71. The van der Waals surface area contributed by atoms with Crippen LogP contribution in [0.1, 0.15) is 19.4 Å². The van der Waals surface area contributed by atoms with Crippen molar-refractivity contribution in [2.24, 2.45) is 16.7 Å². The van der Waals surface area contributed by atoms with Gasteiger partial charge in [-0.15, -0.1) is 0 Å². The summed E-state index contributed by atoms with van der Waals surface area (Å²) in [7, 11) is 0.853. The summed E-state index contributed by atoms with van der Waals surface area (Å²) in [6.45, 7) is 3.07. The third-order valence-electron chi connectivity index (χ3n) is 5.02. The molecule has 1 aliphatic rings. The van der Waals surface area contributed by atoms with E-state index in [-0.39, 0.29) is 4.49 Å². The maximum Gasteiger partial charge on any atom is 0.311 e. The Balaban J connectivity index is 2.62. The van der Waals surface area contributed by atoms with E-state index in [2.05, 4.69) is 4.74 Å². The fourth-order valence-corrected chi connectivity index (χ4v) is 3.72. The first kappa shape index (κ1) is 19.8. The number of allylic oxidation sites excluding steroid dienone is 1. The second-order valence-corrected chi connectivity index (χ2v) is 7.38. The van der Waals surface area contributed by atoms with Gasteiger partial charge in [-0.3, -0.25) is 4.79 Å². The lowest BCUT2D eigenvalue weighted by Gasteiger charge is -2.18. The summed E-state index contributed by atoms with van der Waals surface area (Å²) in [6, 6.07) is 0. The molecule has 9 heteroatoms. The van der Waals surface area contributed by atoms with Gasteiger partial charge in [0.2, 0.25) is 11.6 Å². The number of carbonyl (C=O) groups is 1. The van der Waals surface area contributed by atoms with Crippen LogP contribution in [0.4, 0.5) is 17.6 Å². The van der Waals surface area contributed by atoms with Crippen LogP contribution < -0.4 is 4.74 Å². The first-order valence-electron chi connectivity index (χ1n) is 7.08. The number of hydrogen-bond donors (Lipinski definition) is 1. The molecular weight excluding hydrogens is 387 g/mol. The molecular formula is C16H14Cl2F4O3. The van der Waals surface area contributed by atoms with Crippen molar-refractivity contribution in [3.63, 3.8) is 0 Å². The van der Waals surface area contributed by atoms with E-state index in [0.29, 0.717) is 0 Å². The van der Waals surface area contributed by atoms with Gasteiger partial charge in [-0.2, -0.15) is 8.78 Å². The van der Waals surface area contributed by atoms with Crippen molar-refractivity contribution in [3.8, 4) is 5.75 Å². The van der Waals surface area contributed by atoms with Crippen LogP contribution in [-0.2, 0) is 11.2 Å². The molecule has 1 N–H and O–H groups in total. The topological polar surface area (TPSA) is 46.5 Å². The average molecular weight is 401 g/mol. The predicted molar refractivity (Wildman–Crippen MR) is 83.7 cm³/mol. The molecule has 1 aromatic carbocycles. The third-order valence-corrected chi connectivity index (χ3v) is 5.27.